The third-order valence-electron chi connectivity index (χ3n) is 1.92. The maximum absolute atomic E-state index is 12.6. The van der Waals surface area contributed by atoms with Crippen LogP contribution in [0, 0.1) is 5.92 Å². The Balaban J connectivity index is 2.98. The van der Waals surface area contributed by atoms with Gasteiger partial charge in [-0.25, -0.2) is 8.78 Å². The molecule has 0 spiro atoms. The molecule has 5 heteroatoms. The van der Waals surface area contributed by atoms with Crippen LogP contribution in [0.15, 0.2) is 6.20 Å². The van der Waals surface area contributed by atoms with E-state index in [4.69, 9.17) is 5.73 Å². The van der Waals surface area contributed by atoms with Gasteiger partial charge in [0.15, 0.2) is 0 Å². The molecule has 0 aliphatic carbocycles. The highest BCUT2D eigenvalue weighted by atomic mass is 19.3. The minimum Gasteiger partial charge on any atom is -0.326 e. The van der Waals surface area contributed by atoms with Crippen LogP contribution in [-0.4, -0.2) is 9.78 Å². The molecule has 14 heavy (non-hydrogen) atoms. The van der Waals surface area contributed by atoms with Crippen LogP contribution in [0.4, 0.5) is 8.78 Å². The van der Waals surface area contributed by atoms with Gasteiger partial charge in [0.25, 0.3) is 6.43 Å². The van der Waals surface area contributed by atoms with Crippen molar-refractivity contribution in [2.75, 3.05) is 0 Å². The lowest BCUT2D eigenvalue weighted by Crippen LogP contribution is -2.11. The Morgan fingerprint density at radius 3 is 2.57 bits per heavy atom. The molecule has 1 aromatic heterocycles. The van der Waals surface area contributed by atoms with Gasteiger partial charge in [-0.1, -0.05) is 13.8 Å². The van der Waals surface area contributed by atoms with Crippen LogP contribution >= 0.6 is 0 Å². The van der Waals surface area contributed by atoms with Crippen LogP contribution in [0.5, 0.6) is 0 Å². The van der Waals surface area contributed by atoms with E-state index in [-0.39, 0.29) is 18.2 Å². The van der Waals surface area contributed by atoms with Gasteiger partial charge in [-0.2, -0.15) is 5.10 Å². The molecule has 0 atom stereocenters. The number of rotatable bonds is 4. The summed E-state index contributed by atoms with van der Waals surface area (Å²) >= 11 is 0. The second kappa shape index (κ2) is 4.50. The highest BCUT2D eigenvalue weighted by molar-refractivity contribution is 5.18. The Labute approximate surface area is 81.9 Å². The zero-order chi connectivity index (χ0) is 10.7. The van der Waals surface area contributed by atoms with Gasteiger partial charge in [0, 0.05) is 18.7 Å². The number of aromatic nitrogens is 2. The van der Waals surface area contributed by atoms with Crippen molar-refractivity contribution in [1.82, 2.24) is 9.78 Å². The molecule has 0 amide bonds. The molecule has 0 saturated carbocycles. The smallest absolute Gasteiger partial charge is 0.280 e. The SMILES string of the molecule is CC(C)Cn1ncc(CN)c1C(F)F. The first-order valence-corrected chi connectivity index (χ1v) is 4.59. The Kier molecular flexibility index (Phi) is 3.57. The number of nitrogens with two attached hydrogens (primary N) is 1. The number of hydrogen-bond donors (Lipinski definition) is 1. The summed E-state index contributed by atoms with van der Waals surface area (Å²) in [6.07, 6.45) is -1.08. The second-order valence-corrected chi connectivity index (χ2v) is 3.64. The summed E-state index contributed by atoms with van der Waals surface area (Å²) in [6, 6.07) is 0. The average Bonchev–Trinajstić information content (AvgIpc) is 2.46. The Hall–Kier alpha value is -0.970. The molecule has 0 bridgehead atoms. The van der Waals surface area contributed by atoms with Gasteiger partial charge < -0.3 is 5.73 Å². The van der Waals surface area contributed by atoms with E-state index in [0.29, 0.717) is 12.1 Å². The first kappa shape index (κ1) is 11.1. The molecule has 0 aliphatic heterocycles. The predicted octanol–water partition coefficient (Wildman–Crippen LogP) is 1.94. The summed E-state index contributed by atoms with van der Waals surface area (Å²) in [5.74, 6) is 0.290. The van der Waals surface area contributed by atoms with E-state index < -0.39 is 6.43 Å². The summed E-state index contributed by atoms with van der Waals surface area (Å²) in [7, 11) is 0. The van der Waals surface area contributed by atoms with Gasteiger partial charge in [-0.3, -0.25) is 4.68 Å². The topological polar surface area (TPSA) is 43.8 Å². The molecule has 0 unspecified atom stereocenters. The van der Waals surface area contributed by atoms with Gasteiger partial charge in [-0.05, 0) is 5.92 Å². The first-order chi connectivity index (χ1) is 6.56. The van der Waals surface area contributed by atoms with E-state index in [1.165, 1.54) is 10.9 Å². The van der Waals surface area contributed by atoms with E-state index >= 15 is 0 Å². The van der Waals surface area contributed by atoms with Crippen molar-refractivity contribution >= 4 is 0 Å². The van der Waals surface area contributed by atoms with Gasteiger partial charge in [-0.15, -0.1) is 0 Å². The molecular formula is C9H15F2N3. The maximum Gasteiger partial charge on any atom is 0.280 e. The van der Waals surface area contributed by atoms with E-state index in [1.54, 1.807) is 0 Å². The lowest BCUT2D eigenvalue weighted by Gasteiger charge is -2.10. The molecule has 1 heterocycles. The zero-order valence-electron chi connectivity index (χ0n) is 8.37. The molecular weight excluding hydrogens is 188 g/mol. The number of alkyl halides is 2. The molecule has 0 aliphatic rings. The molecule has 0 aromatic carbocycles. The van der Waals surface area contributed by atoms with Crippen molar-refractivity contribution in [3.63, 3.8) is 0 Å². The molecule has 0 radical (unpaired) electrons. The average molecular weight is 203 g/mol. The van der Waals surface area contributed by atoms with Gasteiger partial charge in [0.2, 0.25) is 0 Å². The second-order valence-electron chi connectivity index (χ2n) is 3.64. The predicted molar refractivity (Wildman–Crippen MR) is 49.9 cm³/mol. The quantitative estimate of drug-likeness (QED) is 0.812. The molecule has 3 nitrogen and oxygen atoms in total. The lowest BCUT2D eigenvalue weighted by atomic mass is 10.2. The van der Waals surface area contributed by atoms with Crippen LogP contribution in [0.3, 0.4) is 0 Å². The van der Waals surface area contributed by atoms with Gasteiger partial charge in [0.1, 0.15) is 5.69 Å². The molecule has 0 fully saturated rings. The van der Waals surface area contributed by atoms with Crippen molar-refractivity contribution in [3.8, 4) is 0 Å². The van der Waals surface area contributed by atoms with Gasteiger partial charge in [0.05, 0.1) is 6.20 Å². The van der Waals surface area contributed by atoms with Crippen LogP contribution < -0.4 is 5.73 Å². The van der Waals surface area contributed by atoms with Crippen molar-refractivity contribution in [3.05, 3.63) is 17.5 Å². The van der Waals surface area contributed by atoms with Gasteiger partial charge >= 0.3 is 0 Å². The normalized spacial score (nSPS) is 11.6. The third-order valence-corrected chi connectivity index (χ3v) is 1.92. The molecule has 2 N–H and O–H groups in total. The van der Waals surface area contributed by atoms with Crippen LogP contribution in [0.2, 0.25) is 0 Å². The maximum atomic E-state index is 12.6. The Morgan fingerprint density at radius 2 is 2.14 bits per heavy atom. The summed E-state index contributed by atoms with van der Waals surface area (Å²) in [5.41, 5.74) is 5.74. The van der Waals surface area contributed by atoms with Crippen molar-refractivity contribution < 1.29 is 8.78 Å². The van der Waals surface area contributed by atoms with Crippen molar-refractivity contribution in [2.24, 2.45) is 11.7 Å². The van der Waals surface area contributed by atoms with E-state index in [0.717, 1.165) is 0 Å². The molecule has 1 rings (SSSR count). The fourth-order valence-corrected chi connectivity index (χ4v) is 1.33. The fraction of sp³-hybridized carbons (Fsp3) is 0.667. The highest BCUT2D eigenvalue weighted by Gasteiger charge is 2.19. The zero-order valence-corrected chi connectivity index (χ0v) is 8.37. The standard InChI is InChI=1S/C9H15F2N3/c1-6(2)5-14-8(9(10)11)7(3-12)4-13-14/h4,6,9H,3,5,12H2,1-2H3. The molecule has 80 valence electrons. The fourth-order valence-electron chi connectivity index (χ4n) is 1.33. The van der Waals surface area contributed by atoms with Crippen LogP contribution in [-0.2, 0) is 13.1 Å². The van der Waals surface area contributed by atoms with E-state index in [1.807, 2.05) is 13.8 Å². The lowest BCUT2D eigenvalue weighted by molar-refractivity contribution is 0.136. The van der Waals surface area contributed by atoms with Crippen molar-refractivity contribution in [1.29, 1.82) is 0 Å². The summed E-state index contributed by atoms with van der Waals surface area (Å²) in [6.45, 7) is 4.52. The third kappa shape index (κ3) is 2.29. The minimum absolute atomic E-state index is 0.0406. The number of hydrogen-bond acceptors (Lipinski definition) is 2. The van der Waals surface area contributed by atoms with Crippen LogP contribution in [0.25, 0.3) is 0 Å². The number of nitrogens with zero attached hydrogens (tertiary/aromatic N) is 2. The number of halogens is 2. The Bertz CT molecular complexity index is 294. The Morgan fingerprint density at radius 1 is 1.50 bits per heavy atom. The largest absolute Gasteiger partial charge is 0.326 e. The minimum atomic E-state index is -2.50. The first-order valence-electron chi connectivity index (χ1n) is 4.59. The van der Waals surface area contributed by atoms with Crippen molar-refractivity contribution in [2.45, 2.75) is 33.4 Å². The summed E-state index contributed by atoms with van der Waals surface area (Å²) < 4.78 is 26.6. The summed E-state index contributed by atoms with van der Waals surface area (Å²) in [4.78, 5) is 0. The monoisotopic (exact) mass is 203 g/mol. The molecule has 1 aromatic rings. The van der Waals surface area contributed by atoms with E-state index in [2.05, 4.69) is 5.10 Å². The molecule has 0 saturated heterocycles. The summed E-state index contributed by atoms with van der Waals surface area (Å²) in [5, 5.41) is 3.91. The highest BCUT2D eigenvalue weighted by Crippen LogP contribution is 2.23. The van der Waals surface area contributed by atoms with Crippen LogP contribution in [0.1, 0.15) is 31.5 Å². The van der Waals surface area contributed by atoms with E-state index in [9.17, 15) is 8.78 Å².